The number of carbonyl (C=O) groups excluding carboxylic acids is 4. The second-order valence-corrected chi connectivity index (χ2v) is 35.6. The summed E-state index contributed by atoms with van der Waals surface area (Å²) >= 11 is 0. The molecular formula is C87H170O17P2. The van der Waals surface area contributed by atoms with E-state index in [0.717, 1.165) is 108 Å². The van der Waals surface area contributed by atoms with Gasteiger partial charge in [0.25, 0.3) is 0 Å². The van der Waals surface area contributed by atoms with E-state index >= 15 is 0 Å². The van der Waals surface area contributed by atoms with E-state index in [-0.39, 0.29) is 25.7 Å². The lowest BCUT2D eigenvalue weighted by atomic mass is 10.0. The lowest BCUT2D eigenvalue weighted by Crippen LogP contribution is -2.30. The van der Waals surface area contributed by atoms with Crippen molar-refractivity contribution in [3.8, 4) is 0 Å². The number of phosphoric ester groups is 2. The Balaban J connectivity index is 5.21. The molecule has 0 heterocycles. The van der Waals surface area contributed by atoms with Crippen LogP contribution in [0.15, 0.2) is 0 Å². The number of rotatable bonds is 85. The molecule has 0 aromatic heterocycles. The molecule has 0 fully saturated rings. The highest BCUT2D eigenvalue weighted by Crippen LogP contribution is 2.45. The summed E-state index contributed by atoms with van der Waals surface area (Å²) in [7, 11) is -9.93. The average molecular weight is 1550 g/mol. The maximum absolute atomic E-state index is 13.1. The highest BCUT2D eigenvalue weighted by molar-refractivity contribution is 7.47. The van der Waals surface area contributed by atoms with E-state index in [1.807, 2.05) is 0 Å². The first-order valence-corrected chi connectivity index (χ1v) is 47.8. The largest absolute Gasteiger partial charge is 0.472 e. The SMILES string of the molecule is CCCCCCCCCCCCCCCCCCCCCCCC(=O)O[C@H](COC(=O)CCCCCCCCCCCCCCCCCC(C)C)COP(=O)(O)OC[C@@H](O)COP(=O)(O)OC[C@@H](COC(=O)CCCCCCCCC(C)C)OC(=O)CCCCCCCCCCCCCCCCCC(C)C. The number of hydrogen-bond donors (Lipinski definition) is 3. The maximum Gasteiger partial charge on any atom is 0.472 e. The van der Waals surface area contributed by atoms with Crippen LogP contribution in [0.3, 0.4) is 0 Å². The molecular weight excluding hydrogens is 1380 g/mol. The normalized spacial score (nSPS) is 13.9. The zero-order valence-corrected chi connectivity index (χ0v) is 71.7. The van der Waals surface area contributed by atoms with E-state index in [0.29, 0.717) is 31.6 Å². The lowest BCUT2D eigenvalue weighted by molar-refractivity contribution is -0.161. The van der Waals surface area contributed by atoms with Crippen LogP contribution >= 0.6 is 15.6 Å². The minimum absolute atomic E-state index is 0.107. The summed E-state index contributed by atoms with van der Waals surface area (Å²) in [6.07, 6.45) is 68.3. The summed E-state index contributed by atoms with van der Waals surface area (Å²) in [5, 5.41) is 10.7. The number of aliphatic hydroxyl groups excluding tert-OH is 1. The molecule has 630 valence electrons. The highest BCUT2D eigenvalue weighted by atomic mass is 31.2. The minimum Gasteiger partial charge on any atom is -0.462 e. The number of aliphatic hydroxyl groups is 1. The van der Waals surface area contributed by atoms with Gasteiger partial charge in [0.1, 0.15) is 19.3 Å². The molecule has 0 spiro atoms. The fourth-order valence-corrected chi connectivity index (χ4v) is 15.1. The second-order valence-electron chi connectivity index (χ2n) is 32.7. The summed E-state index contributed by atoms with van der Waals surface area (Å²) < 4.78 is 68.9. The summed E-state index contributed by atoms with van der Waals surface area (Å²) in [5.41, 5.74) is 0. The number of ether oxygens (including phenoxy) is 4. The van der Waals surface area contributed by atoms with E-state index in [1.165, 1.54) is 263 Å². The van der Waals surface area contributed by atoms with Gasteiger partial charge in [0.05, 0.1) is 26.4 Å². The monoisotopic (exact) mass is 1550 g/mol. The molecule has 0 radical (unpaired) electrons. The molecule has 17 nitrogen and oxygen atoms in total. The Kier molecular flexibility index (Phi) is 75.6. The van der Waals surface area contributed by atoms with Crippen molar-refractivity contribution >= 4 is 39.5 Å². The molecule has 19 heteroatoms. The van der Waals surface area contributed by atoms with Crippen LogP contribution in [-0.4, -0.2) is 96.7 Å². The minimum atomic E-state index is -4.97. The van der Waals surface area contributed by atoms with Crippen molar-refractivity contribution in [3.05, 3.63) is 0 Å². The van der Waals surface area contributed by atoms with Gasteiger partial charge in [-0.25, -0.2) is 9.13 Å². The molecule has 0 aliphatic rings. The van der Waals surface area contributed by atoms with Gasteiger partial charge in [0, 0.05) is 25.7 Å². The van der Waals surface area contributed by atoms with Gasteiger partial charge in [-0.15, -0.1) is 0 Å². The Morgan fingerprint density at radius 3 is 0.642 bits per heavy atom. The van der Waals surface area contributed by atoms with Gasteiger partial charge in [-0.1, -0.05) is 408 Å². The summed E-state index contributed by atoms with van der Waals surface area (Å²) in [6, 6.07) is 0. The average Bonchev–Trinajstić information content (AvgIpc) is 0.897. The third-order valence-corrected chi connectivity index (χ3v) is 22.3. The Labute approximate surface area is 651 Å². The van der Waals surface area contributed by atoms with Crippen molar-refractivity contribution in [2.75, 3.05) is 39.6 Å². The number of unbranched alkanes of at least 4 members (excludes halogenated alkanes) is 53. The Morgan fingerprint density at radius 1 is 0.255 bits per heavy atom. The first-order valence-electron chi connectivity index (χ1n) is 44.8. The molecule has 0 bridgehead atoms. The van der Waals surface area contributed by atoms with Crippen molar-refractivity contribution in [2.45, 2.75) is 478 Å². The molecule has 0 aliphatic carbocycles. The zero-order valence-electron chi connectivity index (χ0n) is 69.9. The third kappa shape index (κ3) is 80.1. The van der Waals surface area contributed by atoms with Crippen LogP contribution in [0, 0.1) is 17.8 Å². The predicted molar refractivity (Wildman–Crippen MR) is 437 cm³/mol. The predicted octanol–water partition coefficient (Wildman–Crippen LogP) is 26.5. The van der Waals surface area contributed by atoms with E-state index in [2.05, 4.69) is 48.5 Å². The Morgan fingerprint density at radius 2 is 0.434 bits per heavy atom. The van der Waals surface area contributed by atoms with Crippen molar-refractivity contribution in [1.82, 2.24) is 0 Å². The summed E-state index contributed by atoms with van der Waals surface area (Å²) in [6.45, 7) is 12.0. The highest BCUT2D eigenvalue weighted by Gasteiger charge is 2.30. The molecule has 0 aromatic carbocycles. The first kappa shape index (κ1) is 104. The van der Waals surface area contributed by atoms with Gasteiger partial charge in [-0.2, -0.15) is 0 Å². The van der Waals surface area contributed by atoms with Crippen LogP contribution in [0.1, 0.15) is 459 Å². The van der Waals surface area contributed by atoms with Crippen LogP contribution in [0.2, 0.25) is 0 Å². The molecule has 3 N–H and O–H groups in total. The molecule has 106 heavy (non-hydrogen) atoms. The Hall–Kier alpha value is -1.94. The number of esters is 4. The van der Waals surface area contributed by atoms with E-state index in [9.17, 15) is 43.2 Å². The first-order chi connectivity index (χ1) is 51.2. The molecule has 2 unspecified atom stereocenters. The molecule has 0 rings (SSSR count). The van der Waals surface area contributed by atoms with Gasteiger partial charge in [0.2, 0.25) is 0 Å². The number of phosphoric acid groups is 2. The van der Waals surface area contributed by atoms with Crippen LogP contribution in [0.4, 0.5) is 0 Å². The summed E-state index contributed by atoms with van der Waals surface area (Å²) in [4.78, 5) is 73.2. The second kappa shape index (κ2) is 77.0. The fourth-order valence-electron chi connectivity index (χ4n) is 13.5. The topological polar surface area (TPSA) is 237 Å². The Bertz CT molecular complexity index is 2040. The van der Waals surface area contributed by atoms with Crippen molar-refractivity contribution in [2.24, 2.45) is 17.8 Å². The van der Waals surface area contributed by atoms with Crippen molar-refractivity contribution in [1.29, 1.82) is 0 Å². The lowest BCUT2D eigenvalue weighted by Gasteiger charge is -2.21. The molecule has 0 saturated heterocycles. The van der Waals surface area contributed by atoms with E-state index in [4.69, 9.17) is 37.0 Å². The quantitative estimate of drug-likeness (QED) is 0.0222. The van der Waals surface area contributed by atoms with E-state index in [1.54, 1.807) is 0 Å². The third-order valence-electron chi connectivity index (χ3n) is 20.4. The molecule has 5 atom stereocenters. The number of hydrogen-bond acceptors (Lipinski definition) is 15. The van der Waals surface area contributed by atoms with Crippen LogP contribution < -0.4 is 0 Å². The van der Waals surface area contributed by atoms with E-state index < -0.39 is 97.5 Å². The number of carbonyl (C=O) groups is 4. The van der Waals surface area contributed by atoms with Crippen molar-refractivity contribution in [3.63, 3.8) is 0 Å². The van der Waals surface area contributed by atoms with Gasteiger partial charge >= 0.3 is 39.5 Å². The molecule has 0 aliphatic heterocycles. The van der Waals surface area contributed by atoms with Crippen molar-refractivity contribution < 1.29 is 80.2 Å². The summed E-state index contributed by atoms with van der Waals surface area (Å²) in [5.74, 6) is 0.182. The molecule has 0 amide bonds. The molecule has 0 saturated carbocycles. The van der Waals surface area contributed by atoms with Crippen LogP contribution in [0.25, 0.3) is 0 Å². The standard InChI is InChI=1S/C87H170O17P2/c1-8-9-10-11-12-13-14-15-16-17-18-19-20-21-26-32-37-42-47-56-63-70-86(91)103-82(74-97-84(89)68-61-54-46-41-36-31-27-22-24-29-34-39-44-51-58-65-78(2)3)76-101-105(93,94)99-72-81(88)73-100-106(95,96)102-77-83(75-98-85(90)69-62-55-50-49-53-60-67-80(6)7)104-87(92)71-64-57-48-43-38-33-28-23-25-30-35-40-45-52-59-66-79(4)5/h78-83,88H,8-77H2,1-7H3,(H,93,94)(H,95,96)/t81-,82-,83-/m1/s1. The fraction of sp³-hybridized carbons (Fsp3) is 0.954. The van der Waals surface area contributed by atoms with Gasteiger partial charge in [-0.3, -0.25) is 37.3 Å². The van der Waals surface area contributed by atoms with Gasteiger partial charge in [-0.05, 0) is 43.4 Å². The smallest absolute Gasteiger partial charge is 0.462 e. The zero-order chi connectivity index (χ0) is 77.9. The van der Waals surface area contributed by atoms with Gasteiger partial charge < -0.3 is 33.8 Å². The van der Waals surface area contributed by atoms with Crippen LogP contribution in [0.5, 0.6) is 0 Å². The molecule has 0 aromatic rings. The maximum atomic E-state index is 13.1. The van der Waals surface area contributed by atoms with Gasteiger partial charge in [0.15, 0.2) is 12.2 Å². The van der Waals surface area contributed by atoms with Crippen LogP contribution in [-0.2, 0) is 65.4 Å².